The molecule has 1 heterocycles. The predicted molar refractivity (Wildman–Crippen MR) is 112 cm³/mol. The molecule has 0 atom stereocenters. The zero-order chi connectivity index (χ0) is 20.5. The molecule has 6 heteroatoms. The topological polar surface area (TPSA) is 33.2 Å². The Morgan fingerprint density at radius 3 is 2.52 bits per heavy atom. The zero-order valence-corrected chi connectivity index (χ0v) is 16.8. The number of thiazole rings is 1. The summed E-state index contributed by atoms with van der Waals surface area (Å²) in [6.07, 6.45) is 0. The van der Waals surface area contributed by atoms with Crippen LogP contribution in [0.1, 0.15) is 27.0 Å². The Hall–Kier alpha value is -3.12. The third-order valence-electron chi connectivity index (χ3n) is 4.64. The highest BCUT2D eigenvalue weighted by Gasteiger charge is 2.24. The average molecular weight is 408 g/mol. The molecule has 4 aromatic rings. The van der Waals surface area contributed by atoms with Crippen LogP contribution < -0.4 is 4.90 Å². The number of hydrogen-bond donors (Lipinski definition) is 0. The molecule has 4 rings (SSSR count). The molecule has 146 valence electrons. The monoisotopic (exact) mass is 408 g/mol. The fourth-order valence-corrected chi connectivity index (χ4v) is 4.41. The highest BCUT2D eigenvalue weighted by atomic mass is 32.1. The van der Waals surface area contributed by atoms with Gasteiger partial charge in [-0.2, -0.15) is 0 Å². The second kappa shape index (κ2) is 7.72. The minimum Gasteiger partial charge on any atom is -0.279 e. The Morgan fingerprint density at radius 2 is 1.79 bits per heavy atom. The number of hydrogen-bond acceptors (Lipinski definition) is 3. The minimum atomic E-state index is -0.888. The van der Waals surface area contributed by atoms with E-state index in [9.17, 15) is 13.6 Å². The van der Waals surface area contributed by atoms with E-state index in [0.29, 0.717) is 5.13 Å². The van der Waals surface area contributed by atoms with E-state index in [0.717, 1.165) is 39.0 Å². The number of aryl methyl sites for hydroxylation is 2. The van der Waals surface area contributed by atoms with E-state index in [1.807, 2.05) is 56.3 Å². The van der Waals surface area contributed by atoms with Gasteiger partial charge in [-0.1, -0.05) is 47.7 Å². The molecule has 3 aromatic carbocycles. The lowest BCUT2D eigenvalue weighted by Crippen LogP contribution is -2.31. The summed E-state index contributed by atoms with van der Waals surface area (Å²) >= 11 is 1.38. The van der Waals surface area contributed by atoms with Gasteiger partial charge in [0.25, 0.3) is 5.91 Å². The zero-order valence-electron chi connectivity index (χ0n) is 15.9. The number of rotatable bonds is 4. The third kappa shape index (κ3) is 3.89. The maximum Gasteiger partial charge on any atom is 0.263 e. The SMILES string of the molecule is Cc1cc(C)c2nc(N(Cc3ccccc3)C(=O)c3ccc(F)cc3F)sc2c1. The van der Waals surface area contributed by atoms with E-state index >= 15 is 0 Å². The Balaban J connectivity index is 1.82. The first-order chi connectivity index (χ1) is 13.9. The molecule has 0 aliphatic heterocycles. The first-order valence-corrected chi connectivity index (χ1v) is 9.92. The summed E-state index contributed by atoms with van der Waals surface area (Å²) in [5.74, 6) is -2.17. The molecule has 0 aliphatic rings. The molecule has 0 unspecified atom stereocenters. The van der Waals surface area contributed by atoms with E-state index in [4.69, 9.17) is 0 Å². The number of carbonyl (C=O) groups is 1. The van der Waals surface area contributed by atoms with Crippen molar-refractivity contribution in [3.05, 3.63) is 94.6 Å². The number of anilines is 1. The molecule has 0 fully saturated rings. The normalized spacial score (nSPS) is 11.0. The van der Waals surface area contributed by atoms with Gasteiger partial charge in [-0.15, -0.1) is 0 Å². The number of benzene rings is 3. The van der Waals surface area contributed by atoms with E-state index < -0.39 is 17.5 Å². The maximum atomic E-state index is 14.3. The van der Waals surface area contributed by atoms with Crippen molar-refractivity contribution >= 4 is 32.6 Å². The molecule has 0 saturated heterocycles. The first kappa shape index (κ1) is 19.2. The Labute approximate surface area is 171 Å². The largest absolute Gasteiger partial charge is 0.279 e. The predicted octanol–water partition coefficient (Wildman–Crippen LogP) is 6.04. The molecule has 0 bridgehead atoms. The van der Waals surface area contributed by atoms with Gasteiger partial charge >= 0.3 is 0 Å². The van der Waals surface area contributed by atoms with Crippen LogP contribution in [0.3, 0.4) is 0 Å². The molecule has 1 amide bonds. The van der Waals surface area contributed by atoms with Crippen LogP contribution in [0.5, 0.6) is 0 Å². The van der Waals surface area contributed by atoms with E-state index in [1.54, 1.807) is 0 Å². The second-order valence-electron chi connectivity index (χ2n) is 6.93. The summed E-state index contributed by atoms with van der Waals surface area (Å²) < 4.78 is 28.6. The molecule has 0 saturated carbocycles. The van der Waals surface area contributed by atoms with Gasteiger partial charge in [0.15, 0.2) is 5.13 Å². The number of nitrogens with zero attached hydrogens (tertiary/aromatic N) is 2. The van der Waals surface area contributed by atoms with Gasteiger partial charge in [0.1, 0.15) is 11.6 Å². The summed E-state index contributed by atoms with van der Waals surface area (Å²) in [6, 6.07) is 16.5. The molecular weight excluding hydrogens is 390 g/mol. The number of fused-ring (bicyclic) bond motifs is 1. The lowest BCUT2D eigenvalue weighted by Gasteiger charge is -2.20. The molecular formula is C23H18F2N2OS. The fourth-order valence-electron chi connectivity index (χ4n) is 3.27. The summed E-state index contributed by atoms with van der Waals surface area (Å²) in [5, 5.41) is 0.478. The Morgan fingerprint density at radius 1 is 1.03 bits per heavy atom. The van der Waals surface area contributed by atoms with Gasteiger partial charge in [0, 0.05) is 6.07 Å². The highest BCUT2D eigenvalue weighted by molar-refractivity contribution is 7.22. The number of halogens is 2. The van der Waals surface area contributed by atoms with Gasteiger partial charge in [0.05, 0.1) is 22.3 Å². The number of amides is 1. The van der Waals surface area contributed by atoms with Crippen LogP contribution in [0.2, 0.25) is 0 Å². The van der Waals surface area contributed by atoms with Crippen molar-refractivity contribution < 1.29 is 13.6 Å². The lowest BCUT2D eigenvalue weighted by molar-refractivity contribution is 0.0981. The summed E-state index contributed by atoms with van der Waals surface area (Å²) in [6.45, 7) is 4.21. The van der Waals surface area contributed by atoms with E-state index in [2.05, 4.69) is 4.98 Å². The Bertz CT molecular complexity index is 1200. The number of carbonyl (C=O) groups excluding carboxylic acids is 1. The molecule has 3 nitrogen and oxygen atoms in total. The molecule has 0 spiro atoms. The average Bonchev–Trinajstić information content (AvgIpc) is 3.10. The van der Waals surface area contributed by atoms with Crippen LogP contribution in [0, 0.1) is 25.5 Å². The first-order valence-electron chi connectivity index (χ1n) is 9.11. The van der Waals surface area contributed by atoms with Gasteiger partial charge in [-0.05, 0) is 48.7 Å². The van der Waals surface area contributed by atoms with Crippen molar-refractivity contribution in [3.8, 4) is 0 Å². The smallest absolute Gasteiger partial charge is 0.263 e. The fraction of sp³-hybridized carbons (Fsp3) is 0.130. The standard InChI is InChI=1S/C23H18F2N2OS/c1-14-10-15(2)21-20(11-14)29-23(26-21)27(13-16-6-4-3-5-7-16)22(28)18-9-8-17(24)12-19(18)25/h3-12H,13H2,1-2H3. The third-order valence-corrected chi connectivity index (χ3v) is 5.67. The quantitative estimate of drug-likeness (QED) is 0.413. The van der Waals surface area contributed by atoms with Gasteiger partial charge < -0.3 is 0 Å². The summed E-state index contributed by atoms with van der Waals surface area (Å²) in [5.41, 5.74) is 3.64. The van der Waals surface area contributed by atoms with Crippen molar-refractivity contribution in [1.29, 1.82) is 0 Å². The minimum absolute atomic E-state index is 0.186. The van der Waals surface area contributed by atoms with Gasteiger partial charge in [0.2, 0.25) is 0 Å². The van der Waals surface area contributed by atoms with Gasteiger partial charge in [-0.25, -0.2) is 13.8 Å². The van der Waals surface area contributed by atoms with E-state index in [1.165, 1.54) is 22.3 Å². The van der Waals surface area contributed by atoms with Crippen LogP contribution in [-0.2, 0) is 6.54 Å². The Kier molecular flexibility index (Phi) is 5.11. The van der Waals surface area contributed by atoms with Crippen molar-refractivity contribution in [3.63, 3.8) is 0 Å². The lowest BCUT2D eigenvalue weighted by atomic mass is 10.1. The summed E-state index contributed by atoms with van der Waals surface area (Å²) in [4.78, 5) is 19.4. The second-order valence-corrected chi connectivity index (χ2v) is 7.94. The van der Waals surface area contributed by atoms with Crippen LogP contribution in [0.15, 0.2) is 60.7 Å². The summed E-state index contributed by atoms with van der Waals surface area (Å²) in [7, 11) is 0. The van der Waals surface area contributed by atoms with Crippen LogP contribution in [0.4, 0.5) is 13.9 Å². The molecule has 0 N–H and O–H groups in total. The molecule has 0 radical (unpaired) electrons. The van der Waals surface area contributed by atoms with E-state index in [-0.39, 0.29) is 12.1 Å². The van der Waals surface area contributed by atoms with Crippen molar-refractivity contribution in [1.82, 2.24) is 4.98 Å². The van der Waals surface area contributed by atoms with Crippen LogP contribution >= 0.6 is 11.3 Å². The highest BCUT2D eigenvalue weighted by Crippen LogP contribution is 2.33. The molecule has 29 heavy (non-hydrogen) atoms. The van der Waals surface area contributed by atoms with Crippen molar-refractivity contribution in [2.75, 3.05) is 4.90 Å². The van der Waals surface area contributed by atoms with Gasteiger partial charge in [-0.3, -0.25) is 9.69 Å². The van der Waals surface area contributed by atoms with Crippen molar-refractivity contribution in [2.45, 2.75) is 20.4 Å². The van der Waals surface area contributed by atoms with Crippen LogP contribution in [0.25, 0.3) is 10.2 Å². The maximum absolute atomic E-state index is 14.3. The molecule has 0 aliphatic carbocycles. The molecule has 1 aromatic heterocycles. The van der Waals surface area contributed by atoms with Crippen molar-refractivity contribution in [2.24, 2.45) is 0 Å². The number of aromatic nitrogens is 1. The van der Waals surface area contributed by atoms with Crippen LogP contribution in [-0.4, -0.2) is 10.9 Å².